The number of fused-ring (bicyclic) bond motifs is 3. The Hall–Kier alpha value is -3.37. The maximum atomic E-state index is 12.8. The monoisotopic (exact) mass is 354 g/mol. The van der Waals surface area contributed by atoms with Gasteiger partial charge in [-0.15, -0.1) is 10.2 Å². The normalized spacial score (nSPS) is 18.7. The van der Waals surface area contributed by atoms with Crippen LogP contribution in [0.2, 0.25) is 0 Å². The Morgan fingerprint density at radius 2 is 2.12 bits per heavy atom. The number of hydrogen-bond acceptors (Lipinski definition) is 8. The molecule has 26 heavy (non-hydrogen) atoms. The highest BCUT2D eigenvalue weighted by Gasteiger charge is 2.37. The van der Waals surface area contributed by atoms with E-state index in [0.717, 1.165) is 12.8 Å². The number of aromatic nitrogens is 7. The lowest BCUT2D eigenvalue weighted by molar-refractivity contribution is 0.0295. The molecule has 2 aliphatic heterocycles. The Balaban J connectivity index is 1.61. The molecule has 3 aromatic rings. The summed E-state index contributed by atoms with van der Waals surface area (Å²) in [6.07, 6.45) is 1.44. The fraction of sp³-hybridized carbons (Fsp3) is 0.400. The smallest absolute Gasteiger partial charge is 0.278 e. The molecule has 0 saturated carbocycles. The van der Waals surface area contributed by atoms with Gasteiger partial charge in [0.1, 0.15) is 17.8 Å². The molecule has 5 rings (SSSR count). The summed E-state index contributed by atoms with van der Waals surface area (Å²) in [4.78, 5) is 27.1. The number of carbonyl (C=O) groups excluding carboxylic acids is 1. The number of ether oxygens (including phenoxy) is 1. The van der Waals surface area contributed by atoms with Gasteiger partial charge in [-0.1, -0.05) is 5.21 Å². The van der Waals surface area contributed by atoms with Crippen LogP contribution in [0.4, 0.5) is 0 Å². The molecule has 0 radical (unpaired) electrons. The highest BCUT2D eigenvalue weighted by atomic mass is 16.5. The summed E-state index contributed by atoms with van der Waals surface area (Å²) in [6, 6.07) is 3.16. The van der Waals surface area contributed by atoms with Gasteiger partial charge in [-0.2, -0.15) is 0 Å². The van der Waals surface area contributed by atoms with Gasteiger partial charge in [0.2, 0.25) is 0 Å². The molecule has 2 aliphatic rings. The van der Waals surface area contributed by atoms with Crippen LogP contribution < -0.4 is 10.3 Å². The van der Waals surface area contributed by atoms with E-state index >= 15 is 0 Å². The van der Waals surface area contributed by atoms with Crippen LogP contribution in [0.3, 0.4) is 0 Å². The minimum atomic E-state index is -0.342. The highest BCUT2D eigenvalue weighted by molar-refractivity contribution is 6.01. The maximum absolute atomic E-state index is 12.8. The van der Waals surface area contributed by atoms with Gasteiger partial charge in [0, 0.05) is 20.0 Å². The van der Waals surface area contributed by atoms with E-state index in [1.54, 1.807) is 24.1 Å². The average molecular weight is 354 g/mol. The second kappa shape index (κ2) is 5.31. The molecule has 1 amide bonds. The van der Waals surface area contributed by atoms with E-state index in [0.29, 0.717) is 34.6 Å². The zero-order valence-corrected chi connectivity index (χ0v) is 13.9. The lowest BCUT2D eigenvalue weighted by atomic mass is 10.1. The Morgan fingerprint density at radius 1 is 1.23 bits per heavy atom. The summed E-state index contributed by atoms with van der Waals surface area (Å²) in [7, 11) is 1.68. The molecule has 1 saturated heterocycles. The number of tetrazole rings is 1. The summed E-state index contributed by atoms with van der Waals surface area (Å²) in [5.41, 5.74) is 0.431. The largest absolute Gasteiger partial charge is 0.470 e. The molecular formula is C15H14N8O3. The van der Waals surface area contributed by atoms with E-state index in [4.69, 9.17) is 4.74 Å². The Morgan fingerprint density at radius 3 is 2.92 bits per heavy atom. The summed E-state index contributed by atoms with van der Waals surface area (Å²) < 4.78 is 8.57. The maximum Gasteiger partial charge on any atom is 0.278 e. The SMILES string of the molecule is Cn1nnnc1Cn1nnc2cc3c(cc2c1=O)OC1CCCN1C3=O. The minimum absolute atomic E-state index is 0.0909. The molecule has 132 valence electrons. The Bertz CT molecular complexity index is 1100. The van der Waals surface area contributed by atoms with Gasteiger partial charge in [0.25, 0.3) is 11.5 Å². The van der Waals surface area contributed by atoms with Gasteiger partial charge in [0.15, 0.2) is 12.1 Å². The van der Waals surface area contributed by atoms with Crippen molar-refractivity contribution in [2.75, 3.05) is 6.54 Å². The van der Waals surface area contributed by atoms with E-state index in [-0.39, 0.29) is 24.2 Å². The molecule has 0 aliphatic carbocycles. The molecule has 0 N–H and O–H groups in total. The lowest BCUT2D eigenvalue weighted by Gasteiger charge is -2.31. The van der Waals surface area contributed by atoms with Crippen molar-refractivity contribution in [2.45, 2.75) is 25.6 Å². The third kappa shape index (κ3) is 2.09. The standard InChI is InChI=1S/C15H14N8O3/c1-21-12(17-18-20-21)7-23-15(25)8-6-11-9(5-10(8)16-19-23)14(24)22-4-2-3-13(22)26-11/h5-6,13H,2-4,7H2,1H3. The van der Waals surface area contributed by atoms with E-state index in [2.05, 4.69) is 25.8 Å². The molecule has 1 aromatic carbocycles. The number of benzene rings is 1. The van der Waals surface area contributed by atoms with Crippen molar-refractivity contribution in [1.29, 1.82) is 0 Å². The molecule has 2 aromatic heterocycles. The zero-order valence-electron chi connectivity index (χ0n) is 13.9. The van der Waals surface area contributed by atoms with Crippen molar-refractivity contribution < 1.29 is 9.53 Å². The van der Waals surface area contributed by atoms with Crippen molar-refractivity contribution in [3.05, 3.63) is 33.9 Å². The molecule has 11 heteroatoms. The number of rotatable bonds is 2. The summed E-state index contributed by atoms with van der Waals surface area (Å²) in [6.45, 7) is 0.776. The number of nitrogens with zero attached hydrogens (tertiary/aromatic N) is 8. The molecule has 0 spiro atoms. The quantitative estimate of drug-likeness (QED) is 0.593. The summed E-state index contributed by atoms with van der Waals surface area (Å²) >= 11 is 0. The minimum Gasteiger partial charge on any atom is -0.470 e. The second-order valence-corrected chi connectivity index (χ2v) is 6.35. The molecule has 11 nitrogen and oxygen atoms in total. The van der Waals surface area contributed by atoms with Crippen LogP contribution in [0.15, 0.2) is 16.9 Å². The van der Waals surface area contributed by atoms with Crippen molar-refractivity contribution in [3.63, 3.8) is 0 Å². The molecule has 0 bridgehead atoms. The van der Waals surface area contributed by atoms with Gasteiger partial charge in [-0.25, -0.2) is 9.36 Å². The summed E-state index contributed by atoms with van der Waals surface area (Å²) in [5, 5.41) is 19.5. The van der Waals surface area contributed by atoms with E-state index < -0.39 is 0 Å². The molecule has 4 heterocycles. The van der Waals surface area contributed by atoms with Crippen molar-refractivity contribution >= 4 is 16.8 Å². The van der Waals surface area contributed by atoms with Crippen LogP contribution in [0.25, 0.3) is 10.9 Å². The topological polar surface area (TPSA) is 121 Å². The molecule has 1 atom stereocenters. The lowest BCUT2D eigenvalue weighted by Crippen LogP contribution is -2.43. The first-order chi connectivity index (χ1) is 12.6. The number of hydrogen-bond donors (Lipinski definition) is 0. The summed E-state index contributed by atoms with van der Waals surface area (Å²) in [5.74, 6) is 0.807. The van der Waals surface area contributed by atoms with Crippen LogP contribution in [-0.2, 0) is 13.6 Å². The first-order valence-corrected chi connectivity index (χ1v) is 8.22. The van der Waals surface area contributed by atoms with E-state index in [1.165, 1.54) is 9.36 Å². The fourth-order valence-electron chi connectivity index (χ4n) is 3.38. The van der Waals surface area contributed by atoms with Crippen molar-refractivity contribution in [2.24, 2.45) is 7.05 Å². The fourth-order valence-corrected chi connectivity index (χ4v) is 3.38. The highest BCUT2D eigenvalue weighted by Crippen LogP contribution is 2.34. The second-order valence-electron chi connectivity index (χ2n) is 6.35. The van der Waals surface area contributed by atoms with Crippen LogP contribution >= 0.6 is 0 Å². The predicted molar refractivity (Wildman–Crippen MR) is 86.4 cm³/mol. The Kier molecular flexibility index (Phi) is 3.05. The Labute approximate surface area is 146 Å². The number of amides is 1. The van der Waals surface area contributed by atoms with Gasteiger partial charge in [-0.3, -0.25) is 9.59 Å². The van der Waals surface area contributed by atoms with Crippen LogP contribution in [0.1, 0.15) is 29.0 Å². The van der Waals surface area contributed by atoms with Crippen molar-refractivity contribution in [1.82, 2.24) is 40.1 Å². The predicted octanol–water partition coefficient (Wildman–Crippen LogP) is -0.682. The van der Waals surface area contributed by atoms with Gasteiger partial charge in [0.05, 0.1) is 10.9 Å². The van der Waals surface area contributed by atoms with Gasteiger partial charge < -0.3 is 9.64 Å². The van der Waals surface area contributed by atoms with Crippen molar-refractivity contribution in [3.8, 4) is 5.75 Å². The molecule has 1 unspecified atom stereocenters. The average Bonchev–Trinajstić information content (AvgIpc) is 3.26. The zero-order chi connectivity index (χ0) is 17.8. The number of carbonyl (C=O) groups is 1. The molecule has 1 fully saturated rings. The first-order valence-electron chi connectivity index (χ1n) is 8.22. The van der Waals surface area contributed by atoms with Crippen LogP contribution in [0.5, 0.6) is 5.75 Å². The first kappa shape index (κ1) is 14.9. The molecular weight excluding hydrogens is 340 g/mol. The van der Waals surface area contributed by atoms with Gasteiger partial charge >= 0.3 is 0 Å². The van der Waals surface area contributed by atoms with Gasteiger partial charge in [-0.05, 0) is 29.0 Å². The number of aryl methyl sites for hydroxylation is 1. The third-order valence-corrected chi connectivity index (χ3v) is 4.77. The third-order valence-electron chi connectivity index (χ3n) is 4.77. The van der Waals surface area contributed by atoms with Crippen LogP contribution in [-0.4, -0.2) is 58.8 Å². The van der Waals surface area contributed by atoms with Crippen LogP contribution in [0, 0.1) is 0 Å². The van der Waals surface area contributed by atoms with E-state index in [1.807, 2.05) is 0 Å². The van der Waals surface area contributed by atoms with E-state index in [9.17, 15) is 9.59 Å².